The first kappa shape index (κ1) is 17.0. The van der Waals surface area contributed by atoms with Crippen molar-refractivity contribution in [2.75, 3.05) is 18.5 Å². The molecule has 0 aromatic heterocycles. The van der Waals surface area contributed by atoms with Gasteiger partial charge in [-0.3, -0.25) is 4.79 Å². The van der Waals surface area contributed by atoms with Gasteiger partial charge in [-0.25, -0.2) is 0 Å². The number of benzene rings is 1. The summed E-state index contributed by atoms with van der Waals surface area (Å²) in [6.07, 6.45) is 2.42. The number of hydrogen-bond acceptors (Lipinski definition) is 2. The predicted octanol–water partition coefficient (Wildman–Crippen LogP) is 3.87. The Labute approximate surface area is 130 Å². The fourth-order valence-electron chi connectivity index (χ4n) is 2.25. The molecule has 0 atom stereocenters. The third-order valence-corrected chi connectivity index (χ3v) is 3.71. The Morgan fingerprint density at radius 1 is 1.25 bits per heavy atom. The van der Waals surface area contributed by atoms with E-state index in [2.05, 4.69) is 29.8 Å². The first-order chi connectivity index (χ1) is 9.72. The number of rotatable bonds is 9. The van der Waals surface area contributed by atoms with Crippen LogP contribution < -0.4 is 4.74 Å². The topological polar surface area (TPSA) is 29.5 Å². The zero-order valence-electron chi connectivity index (χ0n) is 12.3. The summed E-state index contributed by atoms with van der Waals surface area (Å²) in [4.78, 5) is 14.3. The van der Waals surface area contributed by atoms with E-state index in [1.54, 1.807) is 0 Å². The van der Waals surface area contributed by atoms with E-state index in [-0.39, 0.29) is 5.91 Å². The third-order valence-electron chi connectivity index (χ3n) is 3.36. The molecule has 3 nitrogen and oxygen atoms in total. The molecule has 0 saturated carbocycles. The number of carbonyl (C=O) groups is 1. The van der Waals surface area contributed by atoms with Crippen molar-refractivity contribution in [3.63, 3.8) is 0 Å². The third kappa shape index (κ3) is 5.53. The molecule has 0 bridgehead atoms. The average Bonchev–Trinajstić information content (AvgIpc) is 2.48. The lowest BCUT2D eigenvalue weighted by Gasteiger charge is -2.30. The highest BCUT2D eigenvalue weighted by Crippen LogP contribution is 2.12. The quantitative estimate of drug-likeness (QED) is 0.638. The van der Waals surface area contributed by atoms with Gasteiger partial charge in [0.15, 0.2) is 0 Å². The zero-order chi connectivity index (χ0) is 14.8. The molecule has 0 unspecified atom stereocenters. The number of hydrogen-bond donors (Lipinski definition) is 0. The lowest BCUT2D eigenvalue weighted by atomic mass is 10.1. The summed E-state index contributed by atoms with van der Waals surface area (Å²) < 4.78 is 5.59. The van der Waals surface area contributed by atoms with Crippen LogP contribution in [0.2, 0.25) is 0 Å². The van der Waals surface area contributed by atoms with Gasteiger partial charge >= 0.3 is 0 Å². The first-order valence-corrected chi connectivity index (χ1v) is 8.38. The number of ether oxygens (including phenoxy) is 1. The van der Waals surface area contributed by atoms with Crippen LogP contribution >= 0.6 is 15.9 Å². The molecule has 0 spiro atoms. The maximum atomic E-state index is 12.3. The van der Waals surface area contributed by atoms with Crippen LogP contribution in [-0.2, 0) is 4.79 Å². The fourth-order valence-corrected chi connectivity index (χ4v) is 2.63. The molecule has 0 radical (unpaired) electrons. The van der Waals surface area contributed by atoms with Crippen molar-refractivity contribution in [1.82, 2.24) is 4.90 Å². The highest BCUT2D eigenvalue weighted by Gasteiger charge is 2.20. The van der Waals surface area contributed by atoms with E-state index < -0.39 is 0 Å². The number of alkyl halides is 1. The molecule has 20 heavy (non-hydrogen) atoms. The molecule has 0 aliphatic carbocycles. The molecule has 0 fully saturated rings. The van der Waals surface area contributed by atoms with Crippen LogP contribution in [0, 0.1) is 0 Å². The minimum atomic E-state index is 0.175. The van der Waals surface area contributed by atoms with Crippen LogP contribution in [0.4, 0.5) is 0 Å². The Kier molecular flexibility index (Phi) is 8.35. The fraction of sp³-hybridized carbons (Fsp3) is 0.562. The van der Waals surface area contributed by atoms with E-state index in [9.17, 15) is 4.79 Å². The Hall–Kier alpha value is -1.03. The Balaban J connectivity index is 2.45. The van der Waals surface area contributed by atoms with Gasteiger partial charge in [0, 0.05) is 17.9 Å². The van der Waals surface area contributed by atoms with E-state index in [0.29, 0.717) is 19.1 Å². The minimum absolute atomic E-state index is 0.175. The van der Waals surface area contributed by atoms with Crippen LogP contribution in [0.1, 0.15) is 33.1 Å². The highest BCUT2D eigenvalue weighted by atomic mass is 79.9. The van der Waals surface area contributed by atoms with Crippen molar-refractivity contribution >= 4 is 21.8 Å². The summed E-state index contributed by atoms with van der Waals surface area (Å²) in [7, 11) is 0. The maximum Gasteiger partial charge on any atom is 0.226 e. The SMILES string of the molecule is CCC(CC)N(CCBr)C(=O)CCOc1ccccc1. The average molecular weight is 342 g/mol. The second-order valence-corrected chi connectivity index (χ2v) is 5.45. The van der Waals surface area contributed by atoms with E-state index in [1.807, 2.05) is 35.2 Å². The molecule has 4 heteroatoms. The van der Waals surface area contributed by atoms with Gasteiger partial charge < -0.3 is 9.64 Å². The number of para-hydroxylation sites is 1. The van der Waals surface area contributed by atoms with E-state index in [4.69, 9.17) is 4.74 Å². The molecular weight excluding hydrogens is 318 g/mol. The van der Waals surface area contributed by atoms with E-state index in [1.165, 1.54) is 0 Å². The Morgan fingerprint density at radius 2 is 1.90 bits per heavy atom. The number of amides is 1. The number of halogens is 1. The van der Waals surface area contributed by atoms with Gasteiger partial charge in [0.25, 0.3) is 0 Å². The lowest BCUT2D eigenvalue weighted by molar-refractivity contribution is -0.133. The molecular formula is C16H24BrNO2. The lowest BCUT2D eigenvalue weighted by Crippen LogP contribution is -2.41. The van der Waals surface area contributed by atoms with Crippen molar-refractivity contribution in [3.8, 4) is 5.75 Å². The molecule has 1 rings (SSSR count). The molecule has 1 aromatic rings. The van der Waals surface area contributed by atoms with Gasteiger partial charge in [-0.1, -0.05) is 48.0 Å². The van der Waals surface area contributed by atoms with Crippen molar-refractivity contribution in [2.24, 2.45) is 0 Å². The normalized spacial score (nSPS) is 10.6. The first-order valence-electron chi connectivity index (χ1n) is 7.26. The van der Waals surface area contributed by atoms with E-state index >= 15 is 0 Å². The van der Waals surface area contributed by atoms with Gasteiger partial charge in [0.05, 0.1) is 13.0 Å². The summed E-state index contributed by atoms with van der Waals surface area (Å²) in [5.74, 6) is 0.990. The van der Waals surface area contributed by atoms with Crippen LogP contribution in [0.25, 0.3) is 0 Å². The van der Waals surface area contributed by atoms with Crippen LogP contribution in [-0.4, -0.2) is 35.3 Å². The summed E-state index contributed by atoms with van der Waals surface area (Å²) in [6.45, 7) is 5.45. The monoisotopic (exact) mass is 341 g/mol. The van der Waals surface area contributed by atoms with Crippen LogP contribution in [0.15, 0.2) is 30.3 Å². The summed E-state index contributed by atoms with van der Waals surface area (Å²) in [5, 5.41) is 0.814. The smallest absolute Gasteiger partial charge is 0.226 e. The predicted molar refractivity (Wildman–Crippen MR) is 86.4 cm³/mol. The zero-order valence-corrected chi connectivity index (χ0v) is 13.9. The maximum absolute atomic E-state index is 12.3. The molecule has 0 heterocycles. The second kappa shape index (κ2) is 9.81. The van der Waals surface area contributed by atoms with Crippen molar-refractivity contribution in [2.45, 2.75) is 39.2 Å². The van der Waals surface area contributed by atoms with Gasteiger partial charge in [0.2, 0.25) is 5.91 Å². The Morgan fingerprint density at radius 3 is 2.45 bits per heavy atom. The van der Waals surface area contributed by atoms with Gasteiger partial charge in [-0.2, -0.15) is 0 Å². The molecule has 1 aromatic carbocycles. The second-order valence-electron chi connectivity index (χ2n) is 4.66. The minimum Gasteiger partial charge on any atom is -0.493 e. The Bertz CT molecular complexity index is 379. The van der Waals surface area contributed by atoms with Crippen LogP contribution in [0.5, 0.6) is 5.75 Å². The van der Waals surface area contributed by atoms with Gasteiger partial charge in [0.1, 0.15) is 5.75 Å². The molecule has 0 aliphatic rings. The summed E-state index contributed by atoms with van der Waals surface area (Å²) in [6, 6.07) is 9.94. The standard InChI is InChI=1S/C16H24BrNO2/c1-3-14(4-2)18(12-11-17)16(19)10-13-20-15-8-6-5-7-9-15/h5-9,14H,3-4,10-13H2,1-2H3. The van der Waals surface area contributed by atoms with Crippen molar-refractivity contribution in [1.29, 1.82) is 0 Å². The van der Waals surface area contributed by atoms with Gasteiger partial charge in [-0.05, 0) is 25.0 Å². The highest BCUT2D eigenvalue weighted by molar-refractivity contribution is 9.09. The van der Waals surface area contributed by atoms with Crippen molar-refractivity contribution < 1.29 is 9.53 Å². The molecule has 1 amide bonds. The number of nitrogens with zero attached hydrogens (tertiary/aromatic N) is 1. The molecule has 0 N–H and O–H groups in total. The summed E-state index contributed by atoms with van der Waals surface area (Å²) in [5.41, 5.74) is 0. The van der Waals surface area contributed by atoms with E-state index in [0.717, 1.165) is 30.5 Å². The summed E-state index contributed by atoms with van der Waals surface area (Å²) >= 11 is 3.42. The van der Waals surface area contributed by atoms with Gasteiger partial charge in [-0.15, -0.1) is 0 Å². The molecule has 0 saturated heterocycles. The van der Waals surface area contributed by atoms with Crippen molar-refractivity contribution in [3.05, 3.63) is 30.3 Å². The van der Waals surface area contributed by atoms with Crippen LogP contribution in [0.3, 0.4) is 0 Å². The molecule has 0 aliphatic heterocycles. The largest absolute Gasteiger partial charge is 0.493 e. The molecule has 112 valence electrons. The number of carbonyl (C=O) groups excluding carboxylic acids is 1.